The quantitative estimate of drug-likeness (QED) is 0.516. The van der Waals surface area contributed by atoms with E-state index < -0.39 is 24.0 Å². The van der Waals surface area contributed by atoms with Gasteiger partial charge < -0.3 is 10.1 Å². The number of pyridine rings is 1. The van der Waals surface area contributed by atoms with Crippen molar-refractivity contribution in [3.05, 3.63) is 84.1 Å². The van der Waals surface area contributed by atoms with Gasteiger partial charge in [-0.25, -0.2) is 9.59 Å². The van der Waals surface area contributed by atoms with Gasteiger partial charge in [0.05, 0.1) is 5.52 Å². The Bertz CT molecular complexity index is 1060. The Labute approximate surface area is 167 Å². The Morgan fingerprint density at radius 2 is 1.76 bits per heavy atom. The Hall–Kier alpha value is -4.00. The Kier molecular flexibility index (Phi) is 6.32. The summed E-state index contributed by atoms with van der Waals surface area (Å²) >= 11 is 0. The zero-order valence-electron chi connectivity index (χ0n) is 15.7. The van der Waals surface area contributed by atoms with E-state index in [1.165, 1.54) is 13.1 Å². The number of hydrogen-bond donors (Lipinski definition) is 2. The molecule has 7 heteroatoms. The molecule has 0 saturated heterocycles. The molecule has 0 aliphatic heterocycles. The van der Waals surface area contributed by atoms with Crippen LogP contribution in [0.1, 0.15) is 17.2 Å². The first kappa shape index (κ1) is 19.8. The zero-order chi connectivity index (χ0) is 20.6. The maximum atomic E-state index is 12.4. The van der Waals surface area contributed by atoms with E-state index in [-0.39, 0.29) is 0 Å². The number of rotatable bonds is 5. The van der Waals surface area contributed by atoms with Gasteiger partial charge in [0.25, 0.3) is 5.91 Å². The highest BCUT2D eigenvalue weighted by Gasteiger charge is 2.25. The fourth-order valence-electron chi connectivity index (χ4n) is 2.72. The van der Waals surface area contributed by atoms with Crippen LogP contribution in [0.5, 0.6) is 0 Å². The van der Waals surface area contributed by atoms with Gasteiger partial charge >= 0.3 is 12.0 Å². The lowest BCUT2D eigenvalue weighted by atomic mass is 10.1. The molecule has 7 nitrogen and oxygen atoms in total. The van der Waals surface area contributed by atoms with Gasteiger partial charge in [-0.05, 0) is 12.1 Å². The van der Waals surface area contributed by atoms with E-state index >= 15 is 0 Å². The van der Waals surface area contributed by atoms with Crippen molar-refractivity contribution in [3.8, 4) is 0 Å². The number of para-hydroxylation sites is 1. The van der Waals surface area contributed by atoms with Crippen LogP contribution in [0.25, 0.3) is 17.0 Å². The van der Waals surface area contributed by atoms with Crippen LogP contribution in [-0.2, 0) is 14.3 Å². The summed E-state index contributed by atoms with van der Waals surface area (Å²) in [7, 11) is 1.38. The van der Waals surface area contributed by atoms with E-state index in [2.05, 4.69) is 15.6 Å². The molecule has 1 unspecified atom stereocenters. The lowest BCUT2D eigenvalue weighted by Crippen LogP contribution is -2.41. The summed E-state index contributed by atoms with van der Waals surface area (Å²) in [6, 6.07) is 17.1. The van der Waals surface area contributed by atoms with Crippen molar-refractivity contribution >= 4 is 34.9 Å². The number of carbonyl (C=O) groups excluding carboxylic acids is 3. The van der Waals surface area contributed by atoms with Crippen molar-refractivity contribution in [2.24, 2.45) is 0 Å². The molecule has 1 heterocycles. The number of esters is 1. The summed E-state index contributed by atoms with van der Waals surface area (Å²) in [5.41, 5.74) is 1.93. The van der Waals surface area contributed by atoms with Crippen LogP contribution in [0.2, 0.25) is 0 Å². The third-order valence-electron chi connectivity index (χ3n) is 4.10. The minimum atomic E-state index is -1.27. The van der Waals surface area contributed by atoms with E-state index in [0.29, 0.717) is 5.56 Å². The highest BCUT2D eigenvalue weighted by Crippen LogP contribution is 2.20. The molecule has 0 aliphatic rings. The fraction of sp³-hybridized carbons (Fsp3) is 0.0909. The standard InChI is InChI=1S/C22H19N3O4/c1-23-22(28)25-21(27)20(17-7-3-2-4-8-17)29-18(26)13-12-16-10-5-9-15-11-6-14-24-19(15)16/h2-14,20H,1H3,(H2,23,25,27,28)/b13-12+. The number of hydrogen-bond acceptors (Lipinski definition) is 5. The molecule has 146 valence electrons. The molecular weight excluding hydrogens is 370 g/mol. The summed E-state index contributed by atoms with van der Waals surface area (Å²) in [6.07, 6.45) is 3.21. The smallest absolute Gasteiger partial charge is 0.331 e. The van der Waals surface area contributed by atoms with Crippen molar-refractivity contribution in [1.29, 1.82) is 0 Å². The van der Waals surface area contributed by atoms with Crippen LogP contribution in [0, 0.1) is 0 Å². The van der Waals surface area contributed by atoms with Crippen LogP contribution in [0.3, 0.4) is 0 Å². The summed E-state index contributed by atoms with van der Waals surface area (Å²) in [6.45, 7) is 0. The molecule has 0 bridgehead atoms. The topological polar surface area (TPSA) is 97.4 Å². The van der Waals surface area contributed by atoms with Gasteiger partial charge in [0.2, 0.25) is 6.10 Å². The number of nitrogens with zero attached hydrogens (tertiary/aromatic N) is 1. The number of nitrogens with one attached hydrogen (secondary N) is 2. The average Bonchev–Trinajstić information content (AvgIpc) is 2.76. The van der Waals surface area contributed by atoms with E-state index in [1.54, 1.807) is 42.6 Å². The Balaban J connectivity index is 1.80. The van der Waals surface area contributed by atoms with E-state index in [4.69, 9.17) is 4.74 Å². The molecule has 1 aromatic heterocycles. The molecule has 3 aromatic rings. The highest BCUT2D eigenvalue weighted by atomic mass is 16.5. The van der Waals surface area contributed by atoms with Crippen molar-refractivity contribution in [1.82, 2.24) is 15.6 Å². The van der Waals surface area contributed by atoms with Gasteiger partial charge in [-0.3, -0.25) is 15.1 Å². The van der Waals surface area contributed by atoms with Crippen molar-refractivity contribution < 1.29 is 19.1 Å². The average molecular weight is 389 g/mol. The maximum Gasteiger partial charge on any atom is 0.331 e. The van der Waals surface area contributed by atoms with Crippen LogP contribution in [0.4, 0.5) is 4.79 Å². The molecule has 0 radical (unpaired) electrons. The van der Waals surface area contributed by atoms with Crippen molar-refractivity contribution in [3.63, 3.8) is 0 Å². The molecule has 0 aliphatic carbocycles. The summed E-state index contributed by atoms with van der Waals surface area (Å²) in [4.78, 5) is 40.6. The van der Waals surface area contributed by atoms with Crippen molar-refractivity contribution in [2.75, 3.05) is 7.05 Å². The van der Waals surface area contributed by atoms with Gasteiger partial charge in [0.15, 0.2) is 0 Å². The molecule has 1 atom stereocenters. The van der Waals surface area contributed by atoms with Crippen LogP contribution < -0.4 is 10.6 Å². The fourth-order valence-corrected chi connectivity index (χ4v) is 2.72. The second kappa shape index (κ2) is 9.27. The summed E-state index contributed by atoms with van der Waals surface area (Å²) in [5.74, 6) is -1.47. The monoisotopic (exact) mass is 389 g/mol. The molecule has 2 aromatic carbocycles. The SMILES string of the molecule is CNC(=O)NC(=O)C(OC(=O)/C=C/c1cccc2cccnc12)c1ccccc1. The largest absolute Gasteiger partial charge is 0.444 e. The van der Waals surface area contributed by atoms with E-state index in [0.717, 1.165) is 16.5 Å². The Morgan fingerprint density at radius 3 is 2.52 bits per heavy atom. The molecule has 2 N–H and O–H groups in total. The number of imide groups is 1. The van der Waals surface area contributed by atoms with Crippen LogP contribution in [0.15, 0.2) is 72.9 Å². The molecule has 0 fully saturated rings. The minimum Gasteiger partial charge on any atom is -0.444 e. The number of amides is 3. The normalized spacial score (nSPS) is 11.8. The first-order chi connectivity index (χ1) is 14.1. The van der Waals surface area contributed by atoms with Crippen LogP contribution in [-0.4, -0.2) is 29.9 Å². The first-order valence-electron chi connectivity index (χ1n) is 8.88. The van der Waals surface area contributed by atoms with Gasteiger partial charge in [0, 0.05) is 35.8 Å². The molecular formula is C22H19N3O4. The minimum absolute atomic E-state index is 0.447. The van der Waals surface area contributed by atoms with Gasteiger partial charge in [-0.2, -0.15) is 0 Å². The molecule has 0 spiro atoms. The number of fused-ring (bicyclic) bond motifs is 1. The lowest BCUT2D eigenvalue weighted by molar-refractivity contribution is -0.151. The molecule has 29 heavy (non-hydrogen) atoms. The third kappa shape index (κ3) is 5.04. The molecule has 3 amide bonds. The third-order valence-corrected chi connectivity index (χ3v) is 4.10. The van der Waals surface area contributed by atoms with E-state index in [9.17, 15) is 14.4 Å². The lowest BCUT2D eigenvalue weighted by Gasteiger charge is -2.16. The predicted molar refractivity (Wildman–Crippen MR) is 109 cm³/mol. The number of aromatic nitrogens is 1. The number of carbonyl (C=O) groups is 3. The van der Waals surface area contributed by atoms with Gasteiger partial charge in [-0.15, -0.1) is 0 Å². The maximum absolute atomic E-state index is 12.4. The zero-order valence-corrected chi connectivity index (χ0v) is 15.7. The second-order valence-corrected chi connectivity index (χ2v) is 6.05. The summed E-state index contributed by atoms with van der Waals surface area (Å²) < 4.78 is 5.34. The first-order valence-corrected chi connectivity index (χ1v) is 8.88. The number of urea groups is 1. The molecule has 3 rings (SSSR count). The molecule has 0 saturated carbocycles. The summed E-state index contributed by atoms with van der Waals surface area (Å²) in [5, 5.41) is 5.36. The highest BCUT2D eigenvalue weighted by molar-refractivity contribution is 5.99. The van der Waals surface area contributed by atoms with Gasteiger partial charge in [0.1, 0.15) is 0 Å². The number of benzene rings is 2. The van der Waals surface area contributed by atoms with E-state index in [1.807, 2.05) is 30.3 Å². The Morgan fingerprint density at radius 1 is 1.00 bits per heavy atom. The number of ether oxygens (including phenoxy) is 1. The predicted octanol–water partition coefficient (Wildman–Crippen LogP) is 2.99. The van der Waals surface area contributed by atoms with Crippen molar-refractivity contribution in [2.45, 2.75) is 6.10 Å². The van der Waals surface area contributed by atoms with Gasteiger partial charge in [-0.1, -0.05) is 54.6 Å². The second-order valence-electron chi connectivity index (χ2n) is 6.05. The van der Waals surface area contributed by atoms with Crippen LogP contribution >= 0.6 is 0 Å².